The van der Waals surface area contributed by atoms with Crippen LogP contribution in [0.3, 0.4) is 0 Å². The molecule has 90 valence electrons. The number of nitrogens with zero attached hydrogens (tertiary/aromatic N) is 2. The molecule has 0 aliphatic heterocycles. The first kappa shape index (κ1) is 12.6. The van der Waals surface area contributed by atoms with Crippen LogP contribution in [-0.2, 0) is 0 Å². The Morgan fingerprint density at radius 3 is 2.88 bits per heavy atom. The molecular formula is C12H12BrClN2O. The van der Waals surface area contributed by atoms with Crippen LogP contribution in [0.1, 0.15) is 29.6 Å². The predicted molar refractivity (Wildman–Crippen MR) is 71.4 cm³/mol. The van der Waals surface area contributed by atoms with Crippen molar-refractivity contribution in [3.63, 3.8) is 0 Å². The highest BCUT2D eigenvalue weighted by molar-refractivity contribution is 9.09. The zero-order chi connectivity index (χ0) is 12.4. The Kier molecular flexibility index (Phi) is 3.84. The van der Waals surface area contributed by atoms with E-state index in [1.165, 1.54) is 0 Å². The Morgan fingerprint density at radius 2 is 2.18 bits per heavy atom. The first-order valence-electron chi connectivity index (χ1n) is 5.36. The summed E-state index contributed by atoms with van der Waals surface area (Å²) in [6.45, 7) is 3.99. The minimum atomic E-state index is 0.100. The van der Waals surface area contributed by atoms with Gasteiger partial charge in [0.25, 0.3) is 0 Å². The van der Waals surface area contributed by atoms with Gasteiger partial charge >= 0.3 is 0 Å². The van der Waals surface area contributed by atoms with Crippen molar-refractivity contribution >= 4 is 27.5 Å². The van der Waals surface area contributed by atoms with Crippen LogP contribution in [0.5, 0.6) is 0 Å². The van der Waals surface area contributed by atoms with E-state index in [-0.39, 0.29) is 4.83 Å². The molecule has 5 heteroatoms. The molecule has 0 fully saturated rings. The number of halogens is 2. The molecule has 1 aromatic heterocycles. The quantitative estimate of drug-likeness (QED) is 0.780. The average molecular weight is 316 g/mol. The fraction of sp³-hybridized carbons (Fsp3) is 0.333. The molecule has 2 rings (SSSR count). The van der Waals surface area contributed by atoms with Gasteiger partial charge in [0.2, 0.25) is 11.8 Å². The Labute approximate surface area is 113 Å². The Morgan fingerprint density at radius 1 is 1.41 bits per heavy atom. The standard InChI is InChI=1S/C12H12BrClN2O/c1-3-9(13)12-16-15-11(17-12)8-5-4-6-10(14)7(8)2/h4-6,9H,3H2,1-2H3. The van der Waals surface area contributed by atoms with Crippen LogP contribution in [0.4, 0.5) is 0 Å². The molecule has 0 spiro atoms. The molecule has 1 unspecified atom stereocenters. The minimum Gasteiger partial charge on any atom is -0.419 e. The molecule has 1 heterocycles. The maximum atomic E-state index is 6.06. The zero-order valence-corrected chi connectivity index (χ0v) is 11.9. The number of hydrogen-bond donors (Lipinski definition) is 0. The van der Waals surface area contributed by atoms with Crippen LogP contribution in [0.15, 0.2) is 22.6 Å². The molecule has 0 bridgehead atoms. The lowest BCUT2D eigenvalue weighted by molar-refractivity contribution is 0.500. The highest BCUT2D eigenvalue weighted by Gasteiger charge is 2.16. The third kappa shape index (κ3) is 2.53. The monoisotopic (exact) mass is 314 g/mol. The van der Waals surface area contributed by atoms with E-state index in [1.807, 2.05) is 32.0 Å². The third-order valence-corrected chi connectivity index (χ3v) is 4.01. The van der Waals surface area contributed by atoms with Crippen molar-refractivity contribution in [3.05, 3.63) is 34.7 Å². The van der Waals surface area contributed by atoms with Gasteiger partial charge in [0.05, 0.1) is 4.83 Å². The van der Waals surface area contributed by atoms with Gasteiger partial charge in [-0.25, -0.2) is 0 Å². The maximum absolute atomic E-state index is 6.06. The lowest BCUT2D eigenvalue weighted by atomic mass is 10.1. The summed E-state index contributed by atoms with van der Waals surface area (Å²) in [5, 5.41) is 8.78. The highest BCUT2D eigenvalue weighted by Crippen LogP contribution is 2.31. The summed E-state index contributed by atoms with van der Waals surface area (Å²) in [5.41, 5.74) is 1.83. The van der Waals surface area contributed by atoms with Crippen molar-refractivity contribution in [1.29, 1.82) is 0 Å². The number of benzene rings is 1. The molecule has 0 amide bonds. The molecule has 0 saturated carbocycles. The van der Waals surface area contributed by atoms with Gasteiger partial charge in [-0.2, -0.15) is 0 Å². The molecule has 17 heavy (non-hydrogen) atoms. The van der Waals surface area contributed by atoms with Crippen LogP contribution >= 0.6 is 27.5 Å². The van der Waals surface area contributed by atoms with E-state index in [0.717, 1.165) is 17.5 Å². The molecule has 0 saturated heterocycles. The van der Waals surface area contributed by atoms with Crippen molar-refractivity contribution in [1.82, 2.24) is 10.2 Å². The average Bonchev–Trinajstić information content (AvgIpc) is 2.81. The van der Waals surface area contributed by atoms with E-state index in [4.69, 9.17) is 16.0 Å². The SMILES string of the molecule is CCC(Br)c1nnc(-c2cccc(Cl)c2C)o1. The molecular weight excluding hydrogens is 304 g/mol. The number of aromatic nitrogens is 2. The lowest BCUT2D eigenvalue weighted by Crippen LogP contribution is -1.86. The van der Waals surface area contributed by atoms with Gasteiger partial charge in [-0.15, -0.1) is 10.2 Å². The van der Waals surface area contributed by atoms with Crippen molar-refractivity contribution in [2.45, 2.75) is 25.1 Å². The van der Waals surface area contributed by atoms with Crippen LogP contribution < -0.4 is 0 Å². The maximum Gasteiger partial charge on any atom is 0.248 e. The smallest absolute Gasteiger partial charge is 0.248 e. The lowest BCUT2D eigenvalue weighted by Gasteiger charge is -2.02. The first-order chi connectivity index (χ1) is 8.13. The van der Waals surface area contributed by atoms with Crippen LogP contribution in [0.2, 0.25) is 5.02 Å². The molecule has 0 N–H and O–H groups in total. The fourth-order valence-corrected chi connectivity index (χ4v) is 1.84. The van der Waals surface area contributed by atoms with Crippen molar-refractivity contribution in [2.75, 3.05) is 0 Å². The topological polar surface area (TPSA) is 38.9 Å². The Balaban J connectivity index is 2.40. The van der Waals surface area contributed by atoms with E-state index in [1.54, 1.807) is 0 Å². The molecule has 3 nitrogen and oxygen atoms in total. The summed E-state index contributed by atoms with van der Waals surface area (Å²) < 4.78 is 5.63. The van der Waals surface area contributed by atoms with Crippen molar-refractivity contribution < 1.29 is 4.42 Å². The fourth-order valence-electron chi connectivity index (χ4n) is 1.48. The largest absolute Gasteiger partial charge is 0.419 e. The van der Waals surface area contributed by atoms with Gasteiger partial charge in [0.15, 0.2) is 0 Å². The molecule has 2 aromatic rings. The van der Waals surface area contributed by atoms with Gasteiger partial charge in [-0.1, -0.05) is 40.5 Å². The van der Waals surface area contributed by atoms with Gasteiger partial charge in [0, 0.05) is 10.6 Å². The minimum absolute atomic E-state index is 0.100. The van der Waals surface area contributed by atoms with E-state index in [2.05, 4.69) is 26.1 Å². The summed E-state index contributed by atoms with van der Waals surface area (Å²) in [6.07, 6.45) is 0.899. The van der Waals surface area contributed by atoms with E-state index < -0.39 is 0 Å². The number of rotatable bonds is 3. The summed E-state index contributed by atoms with van der Waals surface area (Å²) in [4.78, 5) is 0.100. The normalized spacial score (nSPS) is 12.7. The van der Waals surface area contributed by atoms with Crippen molar-refractivity contribution in [2.24, 2.45) is 0 Å². The van der Waals surface area contributed by atoms with E-state index >= 15 is 0 Å². The van der Waals surface area contributed by atoms with Gasteiger partial charge in [0.1, 0.15) is 0 Å². The zero-order valence-electron chi connectivity index (χ0n) is 9.58. The first-order valence-corrected chi connectivity index (χ1v) is 6.65. The predicted octanol–water partition coefficient (Wildman–Crippen LogP) is 4.54. The summed E-state index contributed by atoms with van der Waals surface area (Å²) >= 11 is 9.54. The van der Waals surface area contributed by atoms with Crippen molar-refractivity contribution in [3.8, 4) is 11.5 Å². The second kappa shape index (κ2) is 5.19. The summed E-state index contributed by atoms with van der Waals surface area (Å²) in [5.74, 6) is 1.11. The molecule has 1 aromatic carbocycles. The Hall–Kier alpha value is -0.870. The Bertz CT molecular complexity index is 527. The second-order valence-electron chi connectivity index (χ2n) is 3.73. The molecule has 0 radical (unpaired) electrons. The van der Waals surface area contributed by atoms with E-state index in [9.17, 15) is 0 Å². The molecule has 0 aliphatic carbocycles. The third-order valence-electron chi connectivity index (χ3n) is 2.57. The van der Waals surface area contributed by atoms with Crippen LogP contribution in [0, 0.1) is 6.92 Å². The van der Waals surface area contributed by atoms with Gasteiger partial charge in [-0.3, -0.25) is 0 Å². The molecule has 1 atom stereocenters. The van der Waals surface area contributed by atoms with Crippen LogP contribution in [-0.4, -0.2) is 10.2 Å². The molecule has 0 aliphatic rings. The summed E-state index contributed by atoms with van der Waals surface area (Å²) in [7, 11) is 0. The van der Waals surface area contributed by atoms with Crippen LogP contribution in [0.25, 0.3) is 11.5 Å². The number of alkyl halides is 1. The second-order valence-corrected chi connectivity index (χ2v) is 5.25. The van der Waals surface area contributed by atoms with E-state index in [0.29, 0.717) is 16.8 Å². The van der Waals surface area contributed by atoms with Gasteiger partial charge < -0.3 is 4.42 Å². The number of hydrogen-bond acceptors (Lipinski definition) is 3. The summed E-state index contributed by atoms with van der Waals surface area (Å²) in [6, 6.07) is 5.64. The van der Waals surface area contributed by atoms with Gasteiger partial charge in [-0.05, 0) is 31.0 Å². The highest BCUT2D eigenvalue weighted by atomic mass is 79.9.